The van der Waals surface area contributed by atoms with Crippen LogP contribution >= 0.6 is 23.1 Å². The van der Waals surface area contributed by atoms with Gasteiger partial charge in [0.1, 0.15) is 5.76 Å². The SMILES string of the molecule is O=C(NCc1cnco1)Nc1ccc(Sc2cncs2)cc1. The van der Waals surface area contributed by atoms with Gasteiger partial charge in [0, 0.05) is 10.6 Å². The first-order chi connectivity index (χ1) is 10.8. The summed E-state index contributed by atoms with van der Waals surface area (Å²) in [5, 5.41) is 5.45. The Labute approximate surface area is 135 Å². The summed E-state index contributed by atoms with van der Waals surface area (Å²) in [6.45, 7) is 0.297. The molecule has 0 spiro atoms. The topological polar surface area (TPSA) is 80.0 Å². The van der Waals surface area contributed by atoms with E-state index in [9.17, 15) is 4.79 Å². The minimum Gasteiger partial charge on any atom is -0.447 e. The van der Waals surface area contributed by atoms with Crippen molar-refractivity contribution in [1.29, 1.82) is 0 Å². The number of carbonyl (C=O) groups is 1. The number of hydrogen-bond donors (Lipinski definition) is 2. The molecule has 0 fully saturated rings. The van der Waals surface area contributed by atoms with Gasteiger partial charge in [-0.1, -0.05) is 11.8 Å². The van der Waals surface area contributed by atoms with E-state index in [1.54, 1.807) is 34.8 Å². The Morgan fingerprint density at radius 2 is 2.09 bits per heavy atom. The molecule has 0 atom stereocenters. The van der Waals surface area contributed by atoms with Crippen LogP contribution in [0.3, 0.4) is 0 Å². The van der Waals surface area contributed by atoms with E-state index in [2.05, 4.69) is 20.6 Å². The van der Waals surface area contributed by atoms with Crippen molar-refractivity contribution in [3.05, 3.63) is 54.3 Å². The number of thiazole rings is 1. The largest absolute Gasteiger partial charge is 0.447 e. The molecule has 0 saturated heterocycles. The van der Waals surface area contributed by atoms with E-state index in [1.165, 1.54) is 6.39 Å². The number of anilines is 1. The summed E-state index contributed by atoms with van der Waals surface area (Å²) in [5.74, 6) is 0.603. The van der Waals surface area contributed by atoms with Crippen molar-refractivity contribution in [2.45, 2.75) is 15.6 Å². The molecule has 112 valence electrons. The number of nitrogens with zero attached hydrogens (tertiary/aromatic N) is 2. The summed E-state index contributed by atoms with van der Waals surface area (Å²) >= 11 is 3.23. The Morgan fingerprint density at radius 1 is 1.23 bits per heavy atom. The second kappa shape index (κ2) is 7.10. The Morgan fingerprint density at radius 3 is 2.77 bits per heavy atom. The third kappa shape index (κ3) is 4.09. The summed E-state index contributed by atoms with van der Waals surface area (Å²) in [6, 6.07) is 7.33. The zero-order valence-corrected chi connectivity index (χ0v) is 13.0. The fourth-order valence-electron chi connectivity index (χ4n) is 1.65. The number of aromatic nitrogens is 2. The first-order valence-corrected chi connectivity index (χ1v) is 8.08. The first kappa shape index (κ1) is 14.6. The number of hydrogen-bond acceptors (Lipinski definition) is 6. The molecule has 0 aliphatic carbocycles. The number of carbonyl (C=O) groups excluding carboxylic acids is 1. The molecule has 2 N–H and O–H groups in total. The highest BCUT2D eigenvalue weighted by molar-refractivity contribution is 8.01. The molecule has 0 aliphatic rings. The van der Waals surface area contributed by atoms with Crippen LogP contribution in [0.15, 0.2) is 62.1 Å². The Kier molecular flexibility index (Phi) is 4.71. The van der Waals surface area contributed by atoms with Crippen molar-refractivity contribution in [1.82, 2.24) is 15.3 Å². The highest BCUT2D eigenvalue weighted by atomic mass is 32.2. The second-order valence-corrected chi connectivity index (χ2v) is 6.48. The number of urea groups is 1. The maximum atomic E-state index is 11.8. The molecule has 3 rings (SSSR count). The van der Waals surface area contributed by atoms with Crippen molar-refractivity contribution >= 4 is 34.8 Å². The number of rotatable bonds is 5. The fourth-order valence-corrected chi connectivity index (χ4v) is 3.22. The van der Waals surface area contributed by atoms with Crippen LogP contribution in [0.5, 0.6) is 0 Å². The highest BCUT2D eigenvalue weighted by Crippen LogP contribution is 2.30. The predicted molar refractivity (Wildman–Crippen MR) is 85.0 cm³/mol. The van der Waals surface area contributed by atoms with Gasteiger partial charge in [0.05, 0.1) is 28.7 Å². The molecule has 2 heterocycles. The zero-order valence-electron chi connectivity index (χ0n) is 11.4. The molecular weight excluding hydrogens is 320 g/mol. The third-order valence-corrected chi connectivity index (χ3v) is 4.56. The van der Waals surface area contributed by atoms with Gasteiger partial charge in [0.2, 0.25) is 0 Å². The van der Waals surface area contributed by atoms with Crippen LogP contribution in [0.2, 0.25) is 0 Å². The van der Waals surface area contributed by atoms with E-state index in [4.69, 9.17) is 4.42 Å². The van der Waals surface area contributed by atoms with Crippen LogP contribution in [0.1, 0.15) is 5.76 Å². The van der Waals surface area contributed by atoms with E-state index >= 15 is 0 Å². The summed E-state index contributed by atoms with van der Waals surface area (Å²) in [6.07, 6.45) is 4.72. The van der Waals surface area contributed by atoms with Crippen molar-refractivity contribution in [2.75, 3.05) is 5.32 Å². The molecule has 1 aromatic carbocycles. The molecule has 0 aliphatic heterocycles. The van der Waals surface area contributed by atoms with E-state index in [0.717, 1.165) is 14.8 Å². The van der Waals surface area contributed by atoms with Gasteiger partial charge in [-0.3, -0.25) is 4.98 Å². The van der Waals surface area contributed by atoms with E-state index < -0.39 is 0 Å². The van der Waals surface area contributed by atoms with Crippen molar-refractivity contribution in [3.63, 3.8) is 0 Å². The van der Waals surface area contributed by atoms with Gasteiger partial charge in [-0.05, 0) is 24.3 Å². The van der Waals surface area contributed by atoms with Crippen molar-refractivity contribution in [3.8, 4) is 0 Å². The molecule has 0 saturated carbocycles. The van der Waals surface area contributed by atoms with E-state index in [0.29, 0.717) is 12.3 Å². The summed E-state index contributed by atoms with van der Waals surface area (Å²) in [4.78, 5) is 20.7. The molecule has 6 nitrogen and oxygen atoms in total. The number of benzene rings is 1. The highest BCUT2D eigenvalue weighted by Gasteiger charge is 2.04. The molecule has 0 bridgehead atoms. The summed E-state index contributed by atoms with van der Waals surface area (Å²) < 4.78 is 6.17. The molecule has 0 unspecified atom stereocenters. The van der Waals surface area contributed by atoms with Gasteiger partial charge in [-0.15, -0.1) is 11.3 Å². The van der Waals surface area contributed by atoms with E-state index in [1.807, 2.05) is 30.5 Å². The first-order valence-electron chi connectivity index (χ1n) is 6.38. The standard InChI is InChI=1S/C14H12N4O2S2/c19-14(17-6-11-5-15-8-20-11)18-10-1-3-12(4-2-10)22-13-7-16-9-21-13/h1-5,7-9H,6H2,(H2,17,18,19). The van der Waals surface area contributed by atoms with Crippen LogP contribution in [0.25, 0.3) is 0 Å². The van der Waals surface area contributed by atoms with Crippen LogP contribution < -0.4 is 10.6 Å². The second-order valence-electron chi connectivity index (χ2n) is 4.22. The van der Waals surface area contributed by atoms with Gasteiger partial charge in [0.25, 0.3) is 0 Å². The van der Waals surface area contributed by atoms with Gasteiger partial charge >= 0.3 is 6.03 Å². The molecule has 2 aromatic heterocycles. The van der Waals surface area contributed by atoms with Gasteiger partial charge in [0.15, 0.2) is 6.39 Å². The molecule has 8 heteroatoms. The van der Waals surface area contributed by atoms with Gasteiger partial charge < -0.3 is 15.1 Å². The van der Waals surface area contributed by atoms with E-state index in [-0.39, 0.29) is 6.03 Å². The third-order valence-electron chi connectivity index (χ3n) is 2.65. The minimum absolute atomic E-state index is 0.292. The number of nitrogens with one attached hydrogen (secondary N) is 2. The van der Waals surface area contributed by atoms with Crippen LogP contribution in [-0.4, -0.2) is 16.0 Å². The lowest BCUT2D eigenvalue weighted by Crippen LogP contribution is -2.27. The predicted octanol–water partition coefficient (Wildman–Crippen LogP) is 3.60. The van der Waals surface area contributed by atoms with Crippen LogP contribution in [0.4, 0.5) is 10.5 Å². The number of amides is 2. The fraction of sp³-hybridized carbons (Fsp3) is 0.0714. The zero-order chi connectivity index (χ0) is 15.2. The van der Waals surface area contributed by atoms with Crippen LogP contribution in [0, 0.1) is 0 Å². The van der Waals surface area contributed by atoms with Crippen LogP contribution in [-0.2, 0) is 6.54 Å². The average molecular weight is 332 g/mol. The Hall–Kier alpha value is -2.32. The lowest BCUT2D eigenvalue weighted by Gasteiger charge is -2.07. The smallest absolute Gasteiger partial charge is 0.319 e. The van der Waals surface area contributed by atoms with Gasteiger partial charge in [-0.2, -0.15) is 0 Å². The lowest BCUT2D eigenvalue weighted by molar-refractivity contribution is 0.251. The molecule has 0 radical (unpaired) electrons. The molecule has 22 heavy (non-hydrogen) atoms. The summed E-state index contributed by atoms with van der Waals surface area (Å²) in [5.41, 5.74) is 2.53. The quantitative estimate of drug-likeness (QED) is 0.746. The molecule has 2 amide bonds. The molecule has 3 aromatic rings. The summed E-state index contributed by atoms with van der Waals surface area (Å²) in [7, 11) is 0. The Bertz CT molecular complexity index is 712. The Balaban J connectivity index is 1.51. The molecular formula is C14H12N4O2S2. The minimum atomic E-state index is -0.292. The monoisotopic (exact) mass is 332 g/mol. The normalized spacial score (nSPS) is 10.4. The average Bonchev–Trinajstić information content (AvgIpc) is 3.20. The number of oxazole rings is 1. The van der Waals surface area contributed by atoms with Crippen molar-refractivity contribution < 1.29 is 9.21 Å². The maximum absolute atomic E-state index is 11.8. The van der Waals surface area contributed by atoms with Gasteiger partial charge in [-0.25, -0.2) is 9.78 Å². The van der Waals surface area contributed by atoms with Crippen molar-refractivity contribution in [2.24, 2.45) is 0 Å². The maximum Gasteiger partial charge on any atom is 0.319 e. The lowest BCUT2D eigenvalue weighted by atomic mass is 10.3.